The third-order valence-electron chi connectivity index (χ3n) is 3.06. The molecule has 0 saturated carbocycles. The topological polar surface area (TPSA) is 63.4 Å². The smallest absolute Gasteiger partial charge is 0.246 e. The number of carbonyl (C=O) groups is 2. The lowest BCUT2D eigenvalue weighted by Gasteiger charge is -2.32. The summed E-state index contributed by atoms with van der Waals surface area (Å²) in [5.41, 5.74) is 6.67. The monoisotopic (exact) mass is 232 g/mol. The van der Waals surface area contributed by atoms with Crippen molar-refractivity contribution in [3.63, 3.8) is 0 Å². The maximum absolute atomic E-state index is 11.9. The number of hydrogen-bond acceptors (Lipinski definition) is 3. The molecule has 4 heteroatoms. The van der Waals surface area contributed by atoms with E-state index in [-0.39, 0.29) is 17.7 Å². The molecule has 2 rings (SSSR count). The summed E-state index contributed by atoms with van der Waals surface area (Å²) in [7, 11) is 0. The van der Waals surface area contributed by atoms with E-state index < -0.39 is 6.04 Å². The number of nitrogens with zero attached hydrogens (tertiary/aromatic N) is 1. The zero-order valence-corrected chi connectivity index (χ0v) is 9.80. The van der Waals surface area contributed by atoms with Gasteiger partial charge in [0.2, 0.25) is 11.8 Å². The molecule has 0 bridgehead atoms. The zero-order chi connectivity index (χ0) is 12.4. The molecule has 4 nitrogen and oxygen atoms in total. The highest BCUT2D eigenvalue weighted by molar-refractivity contribution is 6.01. The molecule has 17 heavy (non-hydrogen) atoms. The van der Waals surface area contributed by atoms with Crippen LogP contribution in [0, 0.1) is 5.92 Å². The van der Waals surface area contributed by atoms with E-state index in [1.165, 1.54) is 4.90 Å². The van der Waals surface area contributed by atoms with Crippen molar-refractivity contribution in [2.24, 2.45) is 11.7 Å². The highest BCUT2D eigenvalue weighted by Crippen LogP contribution is 2.20. The summed E-state index contributed by atoms with van der Waals surface area (Å²) in [4.78, 5) is 25.1. The highest BCUT2D eigenvalue weighted by atomic mass is 16.2. The molecule has 0 spiro atoms. The molecule has 1 fully saturated rings. The Morgan fingerprint density at radius 1 is 1.24 bits per heavy atom. The first-order valence-corrected chi connectivity index (χ1v) is 5.74. The van der Waals surface area contributed by atoms with Gasteiger partial charge in [0, 0.05) is 5.92 Å². The SMILES string of the molecule is CC1CC(N)C(=O)N(Cc2ccccc2)C1=O. The maximum Gasteiger partial charge on any atom is 0.246 e. The fourth-order valence-corrected chi connectivity index (χ4v) is 2.08. The van der Waals surface area contributed by atoms with Crippen LogP contribution in [0.2, 0.25) is 0 Å². The molecule has 1 aromatic carbocycles. The Kier molecular flexibility index (Phi) is 3.24. The van der Waals surface area contributed by atoms with E-state index in [1.54, 1.807) is 0 Å². The number of likely N-dealkylation sites (tertiary alicyclic amines) is 1. The third-order valence-corrected chi connectivity index (χ3v) is 3.06. The molecule has 0 aliphatic carbocycles. The lowest BCUT2D eigenvalue weighted by atomic mass is 9.94. The zero-order valence-electron chi connectivity index (χ0n) is 9.80. The second-order valence-corrected chi connectivity index (χ2v) is 4.49. The van der Waals surface area contributed by atoms with Gasteiger partial charge in [0.05, 0.1) is 12.6 Å². The minimum atomic E-state index is -0.550. The van der Waals surface area contributed by atoms with E-state index in [9.17, 15) is 9.59 Å². The molecule has 0 radical (unpaired) electrons. The third kappa shape index (κ3) is 2.36. The van der Waals surface area contributed by atoms with E-state index in [4.69, 9.17) is 5.73 Å². The second-order valence-electron chi connectivity index (χ2n) is 4.49. The molecular formula is C13H16N2O2. The van der Waals surface area contributed by atoms with Gasteiger partial charge in [-0.05, 0) is 12.0 Å². The summed E-state index contributed by atoms with van der Waals surface area (Å²) in [5.74, 6) is -0.566. The van der Waals surface area contributed by atoms with Gasteiger partial charge in [0.25, 0.3) is 0 Å². The van der Waals surface area contributed by atoms with Gasteiger partial charge in [-0.1, -0.05) is 37.3 Å². The lowest BCUT2D eigenvalue weighted by Crippen LogP contribution is -2.53. The van der Waals surface area contributed by atoms with E-state index >= 15 is 0 Å². The van der Waals surface area contributed by atoms with Crippen molar-refractivity contribution >= 4 is 11.8 Å². The van der Waals surface area contributed by atoms with Gasteiger partial charge in [-0.3, -0.25) is 14.5 Å². The predicted molar refractivity (Wildman–Crippen MR) is 63.8 cm³/mol. The van der Waals surface area contributed by atoms with Crippen LogP contribution in [0.25, 0.3) is 0 Å². The Balaban J connectivity index is 2.18. The quantitative estimate of drug-likeness (QED) is 0.771. The molecule has 2 N–H and O–H groups in total. The summed E-state index contributed by atoms with van der Waals surface area (Å²) in [6, 6.07) is 8.91. The largest absolute Gasteiger partial charge is 0.320 e. The number of carbonyl (C=O) groups excluding carboxylic acids is 2. The normalized spacial score (nSPS) is 25.2. The van der Waals surface area contributed by atoms with Gasteiger partial charge < -0.3 is 5.73 Å². The van der Waals surface area contributed by atoms with Crippen molar-refractivity contribution in [1.29, 1.82) is 0 Å². The molecular weight excluding hydrogens is 216 g/mol. The maximum atomic E-state index is 11.9. The van der Waals surface area contributed by atoms with E-state index in [2.05, 4.69) is 0 Å². The molecule has 0 aromatic heterocycles. The van der Waals surface area contributed by atoms with E-state index in [0.29, 0.717) is 13.0 Å². The van der Waals surface area contributed by atoms with Gasteiger partial charge in [0.15, 0.2) is 0 Å². The van der Waals surface area contributed by atoms with Crippen LogP contribution >= 0.6 is 0 Å². The highest BCUT2D eigenvalue weighted by Gasteiger charge is 2.36. The van der Waals surface area contributed by atoms with Gasteiger partial charge in [-0.25, -0.2) is 0 Å². The van der Waals surface area contributed by atoms with E-state index in [1.807, 2.05) is 37.3 Å². The van der Waals surface area contributed by atoms with Crippen LogP contribution in [0.15, 0.2) is 30.3 Å². The average molecular weight is 232 g/mol. The first kappa shape index (κ1) is 11.8. The van der Waals surface area contributed by atoms with Crippen LogP contribution in [-0.2, 0) is 16.1 Å². The summed E-state index contributed by atoms with van der Waals surface area (Å²) in [6.45, 7) is 2.13. The van der Waals surface area contributed by atoms with Gasteiger partial charge in [-0.15, -0.1) is 0 Å². The van der Waals surface area contributed by atoms with Crippen molar-refractivity contribution in [3.05, 3.63) is 35.9 Å². The number of benzene rings is 1. The number of amides is 2. The van der Waals surface area contributed by atoms with Crippen molar-refractivity contribution in [3.8, 4) is 0 Å². The number of nitrogens with two attached hydrogens (primary N) is 1. The Bertz CT molecular complexity index is 410. The molecule has 2 atom stereocenters. The van der Waals surface area contributed by atoms with Crippen LogP contribution < -0.4 is 5.73 Å². The van der Waals surface area contributed by atoms with Crippen LogP contribution in [0.4, 0.5) is 0 Å². The summed E-state index contributed by atoms with van der Waals surface area (Å²) in [6.07, 6.45) is 0.447. The minimum Gasteiger partial charge on any atom is -0.320 e. The van der Waals surface area contributed by atoms with Crippen LogP contribution in [0.3, 0.4) is 0 Å². The fourth-order valence-electron chi connectivity index (χ4n) is 2.08. The molecule has 90 valence electrons. The number of rotatable bonds is 2. The summed E-state index contributed by atoms with van der Waals surface area (Å²) in [5, 5.41) is 0. The Morgan fingerprint density at radius 2 is 1.88 bits per heavy atom. The first-order valence-electron chi connectivity index (χ1n) is 5.74. The number of piperidine rings is 1. The van der Waals surface area contributed by atoms with Crippen LogP contribution in [0.5, 0.6) is 0 Å². The number of hydrogen-bond donors (Lipinski definition) is 1. The molecule has 1 aliphatic rings. The van der Waals surface area contributed by atoms with Gasteiger partial charge in [0.1, 0.15) is 0 Å². The second kappa shape index (κ2) is 4.67. The van der Waals surface area contributed by atoms with Crippen molar-refractivity contribution in [2.45, 2.75) is 25.9 Å². The molecule has 2 amide bonds. The van der Waals surface area contributed by atoms with Crippen LogP contribution in [-0.4, -0.2) is 22.8 Å². The lowest BCUT2D eigenvalue weighted by molar-refractivity contribution is -0.153. The van der Waals surface area contributed by atoms with Crippen LogP contribution in [0.1, 0.15) is 18.9 Å². The Morgan fingerprint density at radius 3 is 2.53 bits per heavy atom. The fraction of sp³-hybridized carbons (Fsp3) is 0.385. The molecule has 1 aromatic rings. The molecule has 1 heterocycles. The molecule has 2 unspecified atom stereocenters. The van der Waals surface area contributed by atoms with Crippen molar-refractivity contribution in [2.75, 3.05) is 0 Å². The molecule has 1 saturated heterocycles. The average Bonchev–Trinajstić information content (AvgIpc) is 2.33. The van der Waals surface area contributed by atoms with Gasteiger partial charge in [-0.2, -0.15) is 0 Å². The van der Waals surface area contributed by atoms with Crippen molar-refractivity contribution in [1.82, 2.24) is 4.90 Å². The summed E-state index contributed by atoms with van der Waals surface area (Å²) < 4.78 is 0. The number of imide groups is 1. The molecule has 1 aliphatic heterocycles. The Labute approximate surface area is 100 Å². The van der Waals surface area contributed by atoms with E-state index in [0.717, 1.165) is 5.56 Å². The van der Waals surface area contributed by atoms with Crippen molar-refractivity contribution < 1.29 is 9.59 Å². The first-order chi connectivity index (χ1) is 8.09. The minimum absolute atomic E-state index is 0.124. The predicted octanol–water partition coefficient (Wildman–Crippen LogP) is 0.909. The standard InChI is InChI=1S/C13H16N2O2/c1-9-7-11(14)13(17)15(12(9)16)8-10-5-3-2-4-6-10/h2-6,9,11H,7-8,14H2,1H3. The Hall–Kier alpha value is -1.68. The summed E-state index contributed by atoms with van der Waals surface area (Å²) >= 11 is 0. The van der Waals surface area contributed by atoms with Gasteiger partial charge >= 0.3 is 0 Å².